The molecule has 0 aliphatic heterocycles. The summed E-state index contributed by atoms with van der Waals surface area (Å²) in [6.07, 6.45) is 0. The SMILES string of the molecule is Nc1c(-c2ccccc2C(=O)O)cc(-c2ccccc2C(=O)O)cc1-c1ccccc1C(=O)O. The van der Waals surface area contributed by atoms with Crippen LogP contribution in [-0.2, 0) is 0 Å². The summed E-state index contributed by atoms with van der Waals surface area (Å²) in [4.78, 5) is 35.7. The summed E-state index contributed by atoms with van der Waals surface area (Å²) in [5.74, 6) is -3.44. The van der Waals surface area contributed by atoms with Crippen LogP contribution in [0.15, 0.2) is 84.9 Å². The third-order valence-corrected chi connectivity index (χ3v) is 5.54. The fourth-order valence-corrected chi connectivity index (χ4v) is 3.98. The van der Waals surface area contributed by atoms with E-state index in [-0.39, 0.29) is 22.4 Å². The summed E-state index contributed by atoms with van der Waals surface area (Å²) in [7, 11) is 0. The summed E-state index contributed by atoms with van der Waals surface area (Å²) in [5.41, 5.74) is 8.98. The van der Waals surface area contributed by atoms with Gasteiger partial charge in [0.25, 0.3) is 0 Å². The second-order valence-electron chi connectivity index (χ2n) is 7.54. The molecule has 4 aromatic carbocycles. The van der Waals surface area contributed by atoms with Crippen molar-refractivity contribution >= 4 is 23.6 Å². The molecule has 168 valence electrons. The van der Waals surface area contributed by atoms with Gasteiger partial charge in [0, 0.05) is 16.8 Å². The van der Waals surface area contributed by atoms with Crippen molar-refractivity contribution in [3.63, 3.8) is 0 Å². The van der Waals surface area contributed by atoms with Crippen LogP contribution in [0.25, 0.3) is 33.4 Å². The first-order valence-corrected chi connectivity index (χ1v) is 10.2. The Balaban J connectivity index is 2.12. The Morgan fingerprint density at radius 1 is 0.500 bits per heavy atom. The van der Waals surface area contributed by atoms with E-state index >= 15 is 0 Å². The highest BCUT2D eigenvalue weighted by Gasteiger charge is 2.21. The van der Waals surface area contributed by atoms with Crippen molar-refractivity contribution in [2.45, 2.75) is 0 Å². The number of carboxylic acids is 3. The largest absolute Gasteiger partial charge is 0.478 e. The van der Waals surface area contributed by atoms with Gasteiger partial charge in [-0.15, -0.1) is 0 Å². The number of rotatable bonds is 6. The fourth-order valence-electron chi connectivity index (χ4n) is 3.98. The number of hydrogen-bond acceptors (Lipinski definition) is 4. The van der Waals surface area contributed by atoms with Crippen LogP contribution in [0, 0.1) is 0 Å². The molecule has 4 rings (SSSR count). The first-order valence-electron chi connectivity index (χ1n) is 10.2. The second-order valence-corrected chi connectivity index (χ2v) is 7.54. The van der Waals surface area contributed by atoms with Crippen LogP contribution in [0.4, 0.5) is 5.69 Å². The number of nitrogens with two attached hydrogens (primary N) is 1. The van der Waals surface area contributed by atoms with Crippen LogP contribution >= 0.6 is 0 Å². The van der Waals surface area contributed by atoms with E-state index in [1.54, 1.807) is 66.7 Å². The molecule has 0 radical (unpaired) electrons. The lowest BCUT2D eigenvalue weighted by molar-refractivity contribution is 0.0687. The average molecular weight is 453 g/mol. The lowest BCUT2D eigenvalue weighted by atomic mass is 9.87. The molecule has 0 bridgehead atoms. The van der Waals surface area contributed by atoms with E-state index in [1.165, 1.54) is 18.2 Å². The average Bonchev–Trinajstić information content (AvgIpc) is 2.84. The Kier molecular flexibility index (Phi) is 5.84. The number of hydrogen-bond donors (Lipinski definition) is 4. The van der Waals surface area contributed by atoms with Gasteiger partial charge in [0.1, 0.15) is 0 Å². The van der Waals surface area contributed by atoms with Crippen molar-refractivity contribution < 1.29 is 29.7 Å². The minimum Gasteiger partial charge on any atom is -0.478 e. The monoisotopic (exact) mass is 453 g/mol. The number of carboxylic acid groups (broad SMARTS) is 3. The third kappa shape index (κ3) is 3.98. The first kappa shape index (κ1) is 22.3. The third-order valence-electron chi connectivity index (χ3n) is 5.54. The number of nitrogen functional groups attached to an aromatic ring is 1. The topological polar surface area (TPSA) is 138 Å². The fraction of sp³-hybridized carbons (Fsp3) is 0. The van der Waals surface area contributed by atoms with Crippen LogP contribution in [-0.4, -0.2) is 33.2 Å². The Labute approximate surface area is 194 Å². The Hall–Kier alpha value is -4.91. The Morgan fingerprint density at radius 3 is 1.21 bits per heavy atom. The zero-order valence-corrected chi connectivity index (χ0v) is 17.7. The van der Waals surface area contributed by atoms with Crippen LogP contribution < -0.4 is 5.73 Å². The van der Waals surface area contributed by atoms with E-state index < -0.39 is 17.9 Å². The molecule has 4 aromatic rings. The van der Waals surface area contributed by atoms with Crippen LogP contribution in [0.2, 0.25) is 0 Å². The van der Waals surface area contributed by atoms with Crippen molar-refractivity contribution in [3.05, 3.63) is 102 Å². The van der Waals surface area contributed by atoms with E-state index in [2.05, 4.69) is 0 Å². The van der Waals surface area contributed by atoms with E-state index in [0.29, 0.717) is 33.4 Å². The molecule has 34 heavy (non-hydrogen) atoms. The lowest BCUT2D eigenvalue weighted by Crippen LogP contribution is -2.05. The zero-order valence-electron chi connectivity index (χ0n) is 17.7. The molecule has 7 heteroatoms. The maximum Gasteiger partial charge on any atom is 0.336 e. The van der Waals surface area contributed by atoms with Gasteiger partial charge in [-0.1, -0.05) is 54.6 Å². The number of carbonyl (C=O) groups is 3. The first-order chi connectivity index (χ1) is 16.3. The molecule has 0 aromatic heterocycles. The molecule has 0 atom stereocenters. The second kappa shape index (κ2) is 8.91. The molecular formula is C27H19NO6. The summed E-state index contributed by atoms with van der Waals surface area (Å²) >= 11 is 0. The van der Waals surface area contributed by atoms with Crippen molar-refractivity contribution in [1.82, 2.24) is 0 Å². The Morgan fingerprint density at radius 2 is 0.824 bits per heavy atom. The highest BCUT2D eigenvalue weighted by Crippen LogP contribution is 2.42. The summed E-state index contributed by atoms with van der Waals surface area (Å²) in [6.45, 7) is 0. The van der Waals surface area contributed by atoms with Crippen molar-refractivity contribution in [3.8, 4) is 33.4 Å². The lowest BCUT2D eigenvalue weighted by Gasteiger charge is -2.18. The standard InChI is InChI=1S/C27H19NO6/c28-24-22(17-8-2-5-11-20(17)26(31)32)13-15(16-7-1-4-10-19(16)25(29)30)14-23(24)18-9-3-6-12-21(18)27(33)34/h1-14H,28H2,(H,29,30)(H,31,32)(H,33,34). The molecular weight excluding hydrogens is 434 g/mol. The van der Waals surface area contributed by atoms with Crippen molar-refractivity contribution in [2.24, 2.45) is 0 Å². The predicted molar refractivity (Wildman–Crippen MR) is 128 cm³/mol. The molecule has 0 saturated carbocycles. The highest BCUT2D eigenvalue weighted by molar-refractivity contribution is 6.05. The smallest absolute Gasteiger partial charge is 0.336 e. The Bertz CT molecular complexity index is 1380. The summed E-state index contributed by atoms with van der Waals surface area (Å²) < 4.78 is 0. The van der Waals surface area contributed by atoms with Gasteiger partial charge in [0.2, 0.25) is 0 Å². The van der Waals surface area contributed by atoms with Crippen molar-refractivity contribution in [2.75, 3.05) is 5.73 Å². The highest BCUT2D eigenvalue weighted by atomic mass is 16.4. The van der Waals surface area contributed by atoms with Gasteiger partial charge in [-0.2, -0.15) is 0 Å². The van der Waals surface area contributed by atoms with E-state index in [4.69, 9.17) is 5.73 Å². The number of aromatic carboxylic acids is 3. The van der Waals surface area contributed by atoms with E-state index in [9.17, 15) is 29.7 Å². The van der Waals surface area contributed by atoms with E-state index in [0.717, 1.165) is 0 Å². The predicted octanol–water partition coefficient (Wildman–Crippen LogP) is 5.36. The van der Waals surface area contributed by atoms with Gasteiger partial charge in [-0.3, -0.25) is 0 Å². The molecule has 0 saturated heterocycles. The van der Waals surface area contributed by atoms with Gasteiger partial charge in [-0.05, 0) is 52.6 Å². The van der Waals surface area contributed by atoms with Crippen LogP contribution in [0.1, 0.15) is 31.1 Å². The molecule has 5 N–H and O–H groups in total. The van der Waals surface area contributed by atoms with Gasteiger partial charge in [0.15, 0.2) is 0 Å². The summed E-state index contributed by atoms with van der Waals surface area (Å²) in [6, 6.07) is 22.3. The van der Waals surface area contributed by atoms with Gasteiger partial charge in [-0.25, -0.2) is 14.4 Å². The zero-order chi connectivity index (χ0) is 24.4. The minimum atomic E-state index is -1.15. The normalized spacial score (nSPS) is 10.6. The molecule has 0 amide bonds. The minimum absolute atomic E-state index is 0.00957. The molecule has 0 aliphatic rings. The maximum atomic E-state index is 11.9. The van der Waals surface area contributed by atoms with Gasteiger partial charge in [0.05, 0.1) is 16.7 Å². The molecule has 7 nitrogen and oxygen atoms in total. The molecule has 0 heterocycles. The van der Waals surface area contributed by atoms with E-state index in [1.807, 2.05) is 0 Å². The number of anilines is 1. The van der Waals surface area contributed by atoms with Crippen molar-refractivity contribution in [1.29, 1.82) is 0 Å². The van der Waals surface area contributed by atoms with Crippen LogP contribution in [0.3, 0.4) is 0 Å². The number of benzene rings is 4. The molecule has 0 spiro atoms. The van der Waals surface area contributed by atoms with Crippen LogP contribution in [0.5, 0.6) is 0 Å². The maximum absolute atomic E-state index is 11.9. The molecule has 0 aliphatic carbocycles. The molecule has 0 fully saturated rings. The molecule has 0 unspecified atom stereocenters. The van der Waals surface area contributed by atoms with Gasteiger partial charge >= 0.3 is 17.9 Å². The quantitative estimate of drug-likeness (QED) is 0.288. The summed E-state index contributed by atoms with van der Waals surface area (Å²) in [5, 5.41) is 29.2. The van der Waals surface area contributed by atoms with Gasteiger partial charge < -0.3 is 21.1 Å².